The fourth-order valence-corrected chi connectivity index (χ4v) is 4.51. The number of morpholine rings is 1. The fourth-order valence-electron chi connectivity index (χ4n) is 4.51. The van der Waals surface area contributed by atoms with E-state index in [1.165, 1.54) is 36.4 Å². The van der Waals surface area contributed by atoms with E-state index in [1.807, 2.05) is 0 Å². The highest BCUT2D eigenvalue weighted by Crippen LogP contribution is 2.35. The van der Waals surface area contributed by atoms with E-state index in [0.717, 1.165) is 0 Å². The van der Waals surface area contributed by atoms with Crippen LogP contribution in [0.1, 0.15) is 19.3 Å². The van der Waals surface area contributed by atoms with Gasteiger partial charge in [0.15, 0.2) is 6.61 Å². The van der Waals surface area contributed by atoms with Gasteiger partial charge in [-0.1, -0.05) is 0 Å². The van der Waals surface area contributed by atoms with E-state index < -0.39 is 5.41 Å². The molecule has 1 unspecified atom stereocenters. The lowest BCUT2D eigenvalue weighted by atomic mass is 9.77. The zero-order valence-corrected chi connectivity index (χ0v) is 19.6. The summed E-state index contributed by atoms with van der Waals surface area (Å²) in [6.45, 7) is 3.04. The van der Waals surface area contributed by atoms with Crippen molar-refractivity contribution >= 4 is 11.8 Å². The number of ether oxygens (including phenoxy) is 3. The number of piperidine rings is 1. The third kappa shape index (κ3) is 6.91. The molecule has 0 aromatic heterocycles. The number of hydrogen-bond acceptors (Lipinski definition) is 5. The number of rotatable bonds is 8. The highest BCUT2D eigenvalue weighted by Gasteiger charge is 2.41. The maximum atomic E-state index is 13.3. The van der Waals surface area contributed by atoms with Crippen LogP contribution in [0.25, 0.3) is 0 Å². The molecule has 1 atom stereocenters. The quantitative estimate of drug-likeness (QED) is 0.571. The first-order chi connectivity index (χ1) is 16.9. The molecular weight excluding hydrogens is 458 g/mol. The van der Waals surface area contributed by atoms with Crippen LogP contribution in [-0.4, -0.2) is 74.2 Å². The molecular formula is C26H30F2N2O5. The van der Waals surface area contributed by atoms with E-state index in [1.54, 1.807) is 21.9 Å². The van der Waals surface area contributed by atoms with Gasteiger partial charge in [0.2, 0.25) is 5.91 Å². The molecule has 2 aromatic carbocycles. The normalized spacial score (nSPS) is 20.4. The molecule has 0 N–H and O–H groups in total. The molecule has 7 nitrogen and oxygen atoms in total. The number of amides is 2. The van der Waals surface area contributed by atoms with Crippen molar-refractivity contribution < 1.29 is 32.6 Å². The van der Waals surface area contributed by atoms with Crippen molar-refractivity contribution in [2.24, 2.45) is 5.41 Å². The third-order valence-electron chi connectivity index (χ3n) is 6.44. The minimum absolute atomic E-state index is 0.00728. The zero-order chi connectivity index (χ0) is 24.7. The molecule has 188 valence electrons. The molecule has 9 heteroatoms. The summed E-state index contributed by atoms with van der Waals surface area (Å²) in [4.78, 5) is 29.6. The number of likely N-dealkylation sites (tertiary alicyclic amines) is 1. The van der Waals surface area contributed by atoms with E-state index in [9.17, 15) is 18.4 Å². The van der Waals surface area contributed by atoms with Crippen LogP contribution in [0, 0.1) is 17.0 Å². The summed E-state index contributed by atoms with van der Waals surface area (Å²) in [5.41, 5.74) is -0.590. The van der Waals surface area contributed by atoms with Gasteiger partial charge in [-0.25, -0.2) is 8.78 Å². The Labute approximate surface area is 203 Å². The molecule has 2 saturated heterocycles. The first-order valence-electron chi connectivity index (χ1n) is 11.8. The predicted molar refractivity (Wildman–Crippen MR) is 124 cm³/mol. The predicted octanol–water partition coefficient (Wildman–Crippen LogP) is 3.28. The van der Waals surface area contributed by atoms with Crippen molar-refractivity contribution in [2.75, 3.05) is 52.6 Å². The van der Waals surface area contributed by atoms with Gasteiger partial charge in [0.05, 0.1) is 19.8 Å². The first-order valence-corrected chi connectivity index (χ1v) is 11.8. The van der Waals surface area contributed by atoms with Crippen LogP contribution in [0.2, 0.25) is 0 Å². The van der Waals surface area contributed by atoms with Crippen LogP contribution in [0.15, 0.2) is 48.5 Å². The number of benzene rings is 2. The Bertz CT molecular complexity index is 996. The maximum Gasteiger partial charge on any atom is 0.260 e. The smallest absolute Gasteiger partial charge is 0.260 e. The van der Waals surface area contributed by atoms with Crippen LogP contribution < -0.4 is 9.47 Å². The summed E-state index contributed by atoms with van der Waals surface area (Å²) in [5, 5.41) is 0. The Morgan fingerprint density at radius 1 is 0.829 bits per heavy atom. The highest BCUT2D eigenvalue weighted by atomic mass is 19.1. The van der Waals surface area contributed by atoms with Gasteiger partial charge in [-0.3, -0.25) is 9.59 Å². The lowest BCUT2D eigenvalue weighted by Crippen LogP contribution is -2.52. The molecule has 2 amide bonds. The molecule has 0 spiro atoms. The van der Waals surface area contributed by atoms with Gasteiger partial charge < -0.3 is 24.0 Å². The van der Waals surface area contributed by atoms with Crippen LogP contribution >= 0.6 is 0 Å². The van der Waals surface area contributed by atoms with Crippen molar-refractivity contribution in [3.05, 3.63) is 60.2 Å². The van der Waals surface area contributed by atoms with Crippen LogP contribution in [0.3, 0.4) is 0 Å². The van der Waals surface area contributed by atoms with E-state index >= 15 is 0 Å². The summed E-state index contributed by atoms with van der Waals surface area (Å²) >= 11 is 0. The van der Waals surface area contributed by atoms with Crippen molar-refractivity contribution in [1.82, 2.24) is 9.80 Å². The summed E-state index contributed by atoms with van der Waals surface area (Å²) in [6.07, 6.45) is 1.66. The molecule has 0 saturated carbocycles. The lowest BCUT2D eigenvalue weighted by Gasteiger charge is -2.43. The van der Waals surface area contributed by atoms with Gasteiger partial charge in [0.1, 0.15) is 23.1 Å². The molecule has 35 heavy (non-hydrogen) atoms. The van der Waals surface area contributed by atoms with E-state index in [0.29, 0.717) is 63.7 Å². The number of carbonyl (C=O) groups excluding carboxylic acids is 2. The van der Waals surface area contributed by atoms with Gasteiger partial charge in [-0.05, 0) is 61.4 Å². The van der Waals surface area contributed by atoms with Crippen molar-refractivity contribution in [1.29, 1.82) is 0 Å². The standard InChI is InChI=1S/C26H30F2N2O5/c27-20-2-6-22(7-3-20)34-17-25(32)30-11-1-10-26(18-30,16-24(31)29-12-14-33-15-13-29)19-35-23-8-4-21(28)5-9-23/h2-9H,1,10-19H2. The van der Waals surface area contributed by atoms with Gasteiger partial charge in [0, 0.05) is 38.0 Å². The summed E-state index contributed by atoms with van der Waals surface area (Å²) in [7, 11) is 0. The second kappa shape index (κ2) is 11.5. The Morgan fingerprint density at radius 2 is 1.43 bits per heavy atom. The van der Waals surface area contributed by atoms with Gasteiger partial charge in [-0.2, -0.15) is 0 Å². The van der Waals surface area contributed by atoms with Crippen LogP contribution in [0.4, 0.5) is 8.78 Å². The van der Waals surface area contributed by atoms with Gasteiger partial charge >= 0.3 is 0 Å². The molecule has 2 heterocycles. The van der Waals surface area contributed by atoms with E-state index in [4.69, 9.17) is 14.2 Å². The molecule has 2 aromatic rings. The highest BCUT2D eigenvalue weighted by molar-refractivity contribution is 5.79. The van der Waals surface area contributed by atoms with Crippen molar-refractivity contribution in [3.8, 4) is 11.5 Å². The second-order valence-electron chi connectivity index (χ2n) is 9.07. The Kier molecular flexibility index (Phi) is 8.17. The number of nitrogens with zero attached hydrogens (tertiary/aromatic N) is 2. The molecule has 2 aliphatic rings. The molecule has 0 radical (unpaired) electrons. The molecule has 2 fully saturated rings. The first kappa shape index (κ1) is 24.9. The average Bonchev–Trinajstić information content (AvgIpc) is 2.88. The van der Waals surface area contributed by atoms with Gasteiger partial charge in [-0.15, -0.1) is 0 Å². The Balaban J connectivity index is 1.43. The molecule has 0 bridgehead atoms. The molecule has 2 aliphatic heterocycles. The average molecular weight is 489 g/mol. The summed E-state index contributed by atoms with van der Waals surface area (Å²) in [6, 6.07) is 11.2. The SMILES string of the molecule is O=C(CC1(COc2ccc(F)cc2)CCCN(C(=O)COc2ccc(F)cc2)C1)N1CCOCC1. The minimum Gasteiger partial charge on any atom is -0.493 e. The lowest BCUT2D eigenvalue weighted by molar-refractivity contribution is -0.144. The Hall–Kier alpha value is -3.20. The molecule has 0 aliphatic carbocycles. The maximum absolute atomic E-state index is 13.3. The monoisotopic (exact) mass is 488 g/mol. The number of carbonyl (C=O) groups is 2. The van der Waals surface area contributed by atoms with Crippen molar-refractivity contribution in [3.63, 3.8) is 0 Å². The summed E-state index contributed by atoms with van der Waals surface area (Å²) in [5.74, 6) is -0.0227. The van der Waals surface area contributed by atoms with Crippen LogP contribution in [-0.2, 0) is 14.3 Å². The second-order valence-corrected chi connectivity index (χ2v) is 9.07. The van der Waals surface area contributed by atoms with Crippen molar-refractivity contribution in [2.45, 2.75) is 19.3 Å². The third-order valence-corrected chi connectivity index (χ3v) is 6.44. The largest absolute Gasteiger partial charge is 0.493 e. The fraction of sp³-hybridized carbons (Fsp3) is 0.462. The summed E-state index contributed by atoms with van der Waals surface area (Å²) < 4.78 is 43.3. The molecule has 4 rings (SSSR count). The number of halogens is 2. The van der Waals surface area contributed by atoms with Crippen LogP contribution in [0.5, 0.6) is 11.5 Å². The van der Waals surface area contributed by atoms with E-state index in [2.05, 4.69) is 0 Å². The number of hydrogen-bond donors (Lipinski definition) is 0. The Morgan fingerprint density at radius 3 is 2.06 bits per heavy atom. The zero-order valence-electron chi connectivity index (χ0n) is 19.6. The van der Waals surface area contributed by atoms with Gasteiger partial charge in [0.25, 0.3) is 5.91 Å². The topological polar surface area (TPSA) is 68.3 Å². The van der Waals surface area contributed by atoms with E-state index in [-0.39, 0.29) is 43.1 Å². The minimum atomic E-state index is -0.590.